The molecule has 3 amide bonds. The summed E-state index contributed by atoms with van der Waals surface area (Å²) >= 11 is 0. The van der Waals surface area contributed by atoms with Gasteiger partial charge < -0.3 is 0 Å². The highest BCUT2D eigenvalue weighted by molar-refractivity contribution is 6.39. The first-order valence-corrected chi connectivity index (χ1v) is 2.08. The topological polar surface area (TPSA) is 96.9 Å². The Labute approximate surface area is 49.5 Å². The van der Waals surface area contributed by atoms with E-state index in [0.717, 1.165) is 0 Å². The monoisotopic (exact) mass is 127 g/mol. The first kappa shape index (κ1) is 5.54. The Bertz CT molecular complexity index is 206. The molecule has 3 N–H and O–H groups in total. The van der Waals surface area contributed by atoms with E-state index < -0.39 is 17.8 Å². The van der Waals surface area contributed by atoms with E-state index in [4.69, 9.17) is 10.9 Å². The Kier molecular flexibility index (Phi) is 0.888. The zero-order valence-electron chi connectivity index (χ0n) is 4.26. The van der Waals surface area contributed by atoms with Gasteiger partial charge in [0.15, 0.2) is 0 Å². The minimum Gasteiger partial charge on any atom is -0.243 e. The van der Waals surface area contributed by atoms with Crippen molar-refractivity contribution in [2.75, 3.05) is 0 Å². The van der Waals surface area contributed by atoms with Crippen LogP contribution >= 0.6 is 0 Å². The molecule has 1 rings (SSSR count). The molecule has 9 heavy (non-hydrogen) atoms. The highest BCUT2D eigenvalue weighted by Crippen LogP contribution is 1.89. The molecule has 0 aliphatic carbocycles. The van der Waals surface area contributed by atoms with E-state index in [9.17, 15) is 9.59 Å². The minimum atomic E-state index is -0.870. The van der Waals surface area contributed by atoms with Crippen molar-refractivity contribution in [2.24, 2.45) is 0 Å². The first-order valence-electron chi connectivity index (χ1n) is 2.08. The van der Waals surface area contributed by atoms with E-state index in [1.54, 1.807) is 5.32 Å². The number of nitrogens with zero attached hydrogens (tertiary/aromatic N) is 1. The van der Waals surface area contributed by atoms with Gasteiger partial charge in [0.2, 0.25) is 0 Å². The third-order valence-electron chi connectivity index (χ3n) is 0.862. The average molecular weight is 127 g/mol. The zero-order chi connectivity index (χ0) is 7.02. The first-order chi connectivity index (χ1) is 4.13. The van der Waals surface area contributed by atoms with Crippen LogP contribution in [0.4, 0.5) is 4.79 Å². The summed E-state index contributed by atoms with van der Waals surface area (Å²) in [7, 11) is 0. The lowest BCUT2D eigenvalue weighted by Gasteiger charge is -1.75. The normalized spacial score (nSPS) is 18.7. The third-order valence-corrected chi connectivity index (χ3v) is 0.862. The molecule has 1 saturated heterocycles. The van der Waals surface area contributed by atoms with Crippen LogP contribution in [0.5, 0.6) is 0 Å². The molecule has 1 heterocycles. The zero-order valence-corrected chi connectivity index (χ0v) is 4.26. The van der Waals surface area contributed by atoms with Gasteiger partial charge in [0.05, 0.1) is 0 Å². The number of amides is 3. The van der Waals surface area contributed by atoms with E-state index in [1.807, 2.05) is 0 Å². The molecule has 0 aromatic heterocycles. The fourth-order valence-corrected chi connectivity index (χ4v) is 0.415. The smallest absolute Gasteiger partial charge is 0.243 e. The number of carbonyl (C=O) groups is 2. The minimum absolute atomic E-state index is 0.197. The van der Waals surface area contributed by atoms with Crippen molar-refractivity contribution in [1.29, 1.82) is 10.9 Å². The molecule has 1 aliphatic heterocycles. The van der Waals surface area contributed by atoms with Crippen molar-refractivity contribution in [2.45, 2.75) is 0 Å². The number of amidine groups is 1. The number of urea groups is 1. The summed E-state index contributed by atoms with van der Waals surface area (Å²) in [4.78, 5) is 20.5. The van der Waals surface area contributed by atoms with Crippen LogP contribution in [0.25, 0.3) is 0 Å². The van der Waals surface area contributed by atoms with Crippen molar-refractivity contribution in [3.05, 3.63) is 0 Å². The van der Waals surface area contributed by atoms with Crippen molar-refractivity contribution in [1.82, 2.24) is 5.32 Å². The van der Waals surface area contributed by atoms with Crippen molar-refractivity contribution in [3.8, 4) is 0 Å². The second-order valence-corrected chi connectivity index (χ2v) is 1.44. The summed E-state index contributed by atoms with van der Waals surface area (Å²) in [5.74, 6) is -1.46. The van der Waals surface area contributed by atoms with Crippen LogP contribution in [0.3, 0.4) is 0 Å². The largest absolute Gasteiger partial charge is 0.467 e. The fourth-order valence-electron chi connectivity index (χ4n) is 0.415. The van der Waals surface area contributed by atoms with Gasteiger partial charge in [-0.15, -0.1) is 0 Å². The van der Waals surface area contributed by atoms with Crippen LogP contribution in [0.2, 0.25) is 0 Å². The second-order valence-electron chi connectivity index (χ2n) is 1.44. The summed E-state index contributed by atoms with van der Waals surface area (Å²) in [6, 6.07) is -0.870. The Morgan fingerprint density at radius 2 is 2.00 bits per heavy atom. The number of imide groups is 1. The molecule has 6 heteroatoms. The van der Waals surface area contributed by atoms with Crippen molar-refractivity contribution >= 4 is 17.8 Å². The van der Waals surface area contributed by atoms with E-state index in [0.29, 0.717) is 0 Å². The van der Waals surface area contributed by atoms with E-state index in [2.05, 4.69) is 0 Å². The van der Waals surface area contributed by atoms with Gasteiger partial charge >= 0.3 is 17.8 Å². The molecular weight excluding hydrogens is 124 g/mol. The Balaban J connectivity index is 3.04. The second kappa shape index (κ2) is 1.44. The standard InChI is InChI=1S/C3H2N4O2/c4-1-2(8)6-3(9)7(1)5/h4-5H/p+1. The average Bonchev–Trinajstić information content (AvgIpc) is 1.98. The molecule has 1 aliphatic rings. The van der Waals surface area contributed by atoms with Gasteiger partial charge in [-0.2, -0.15) is 16.3 Å². The molecule has 0 aromatic carbocycles. The Hall–Kier alpha value is -1.59. The Morgan fingerprint density at radius 3 is 2.11 bits per heavy atom. The number of rotatable bonds is 0. The maximum Gasteiger partial charge on any atom is 0.467 e. The van der Waals surface area contributed by atoms with Crippen LogP contribution in [0, 0.1) is 10.9 Å². The molecule has 1 fully saturated rings. The van der Waals surface area contributed by atoms with Gasteiger partial charge in [-0.1, -0.05) is 4.70 Å². The molecule has 0 atom stereocenters. The number of hydrogen-bond acceptors (Lipinski definition) is 4. The maximum absolute atomic E-state index is 10.3. The molecule has 0 unspecified atom stereocenters. The highest BCUT2D eigenvalue weighted by atomic mass is 16.2. The molecule has 0 aromatic rings. The summed E-state index contributed by atoms with van der Waals surface area (Å²) in [5, 5.41) is 8.45. The summed E-state index contributed by atoms with van der Waals surface area (Å²) in [5.41, 5.74) is 6.65. The van der Waals surface area contributed by atoms with E-state index in [1.165, 1.54) is 0 Å². The van der Waals surface area contributed by atoms with Crippen LogP contribution in [0.1, 0.15) is 0 Å². The van der Waals surface area contributed by atoms with Gasteiger partial charge in [-0.25, -0.2) is 9.59 Å². The van der Waals surface area contributed by atoms with Crippen LogP contribution in [0.15, 0.2) is 0 Å². The molecular formula is C3H3N4O2+. The predicted octanol–water partition coefficient (Wildman–Crippen LogP) is -0.743. The van der Waals surface area contributed by atoms with Crippen LogP contribution < -0.4 is 5.32 Å². The molecule has 0 spiro atoms. The van der Waals surface area contributed by atoms with E-state index >= 15 is 0 Å². The van der Waals surface area contributed by atoms with Gasteiger partial charge in [0.25, 0.3) is 0 Å². The van der Waals surface area contributed by atoms with Gasteiger partial charge in [0.1, 0.15) is 0 Å². The van der Waals surface area contributed by atoms with Gasteiger partial charge in [-0.05, 0) is 0 Å². The SMILES string of the molecule is N=C1C(=O)NC(=O)[N+]1=N. The summed E-state index contributed by atoms with van der Waals surface area (Å²) in [6.07, 6.45) is 0. The van der Waals surface area contributed by atoms with Crippen LogP contribution in [-0.2, 0) is 4.79 Å². The van der Waals surface area contributed by atoms with Crippen LogP contribution in [-0.4, -0.2) is 22.5 Å². The lowest BCUT2D eigenvalue weighted by molar-refractivity contribution is -0.396. The lowest BCUT2D eigenvalue weighted by atomic mass is 10.6. The molecule has 46 valence electrons. The quantitative estimate of drug-likeness (QED) is 0.295. The number of nitrogens with one attached hydrogen (secondary N) is 3. The number of carbonyl (C=O) groups excluding carboxylic acids is 2. The molecule has 0 saturated carbocycles. The number of hydrogen-bond donors (Lipinski definition) is 3. The highest BCUT2D eigenvalue weighted by Gasteiger charge is 2.38. The van der Waals surface area contributed by atoms with E-state index in [-0.39, 0.29) is 4.70 Å². The Morgan fingerprint density at radius 1 is 1.44 bits per heavy atom. The van der Waals surface area contributed by atoms with Crippen molar-refractivity contribution in [3.63, 3.8) is 0 Å². The maximum atomic E-state index is 10.3. The third kappa shape index (κ3) is 0.600. The molecule has 0 bridgehead atoms. The van der Waals surface area contributed by atoms with Gasteiger partial charge in [-0.3, -0.25) is 0 Å². The summed E-state index contributed by atoms with van der Waals surface area (Å²) < 4.78 is 0.197. The van der Waals surface area contributed by atoms with Crippen molar-refractivity contribution < 1.29 is 14.3 Å². The van der Waals surface area contributed by atoms with Gasteiger partial charge in [0, 0.05) is 0 Å². The fraction of sp³-hybridized carbons (Fsp3) is 0. The molecule has 0 radical (unpaired) electrons. The predicted molar refractivity (Wildman–Crippen MR) is 24.2 cm³/mol. The summed E-state index contributed by atoms with van der Waals surface area (Å²) in [6.45, 7) is 0. The lowest BCUT2D eigenvalue weighted by Crippen LogP contribution is -2.20. The molecule has 6 nitrogen and oxygen atoms in total.